The van der Waals surface area contributed by atoms with Crippen LogP contribution in [0.3, 0.4) is 0 Å². The number of methoxy groups -OCH3 is 2. The highest BCUT2D eigenvalue weighted by Gasteiger charge is 2.14. The molecule has 5 heteroatoms. The normalized spacial score (nSPS) is 11.5. The Balaban J connectivity index is 2.10. The van der Waals surface area contributed by atoms with Crippen molar-refractivity contribution in [3.05, 3.63) is 53.1 Å². The molecule has 0 saturated heterocycles. The molecule has 0 radical (unpaired) electrons. The van der Waals surface area contributed by atoms with Crippen molar-refractivity contribution >= 4 is 11.7 Å². The summed E-state index contributed by atoms with van der Waals surface area (Å²) in [4.78, 5) is 12.3. The van der Waals surface area contributed by atoms with Gasteiger partial charge in [-0.3, -0.25) is 0 Å². The van der Waals surface area contributed by atoms with Gasteiger partial charge in [-0.05, 0) is 44.0 Å². The van der Waals surface area contributed by atoms with Crippen LogP contribution in [0.25, 0.3) is 0 Å². The number of nitrogens with one attached hydrogen (secondary N) is 2. The van der Waals surface area contributed by atoms with Gasteiger partial charge >= 0.3 is 6.03 Å². The lowest BCUT2D eigenvalue weighted by atomic mass is 10.0. The second kappa shape index (κ2) is 7.73. The molecule has 0 aliphatic carbocycles. The Morgan fingerprint density at radius 3 is 2.42 bits per heavy atom. The molecule has 24 heavy (non-hydrogen) atoms. The molecule has 2 N–H and O–H groups in total. The maximum Gasteiger partial charge on any atom is 0.319 e. The van der Waals surface area contributed by atoms with Crippen molar-refractivity contribution in [1.82, 2.24) is 5.32 Å². The van der Waals surface area contributed by atoms with Crippen LogP contribution < -0.4 is 20.1 Å². The third kappa shape index (κ3) is 4.19. The molecule has 5 nitrogen and oxygen atoms in total. The molecule has 0 spiro atoms. The average molecular weight is 328 g/mol. The van der Waals surface area contributed by atoms with E-state index < -0.39 is 0 Å². The lowest BCUT2D eigenvalue weighted by molar-refractivity contribution is 0.249. The Labute approximate surface area is 143 Å². The summed E-state index contributed by atoms with van der Waals surface area (Å²) >= 11 is 0. The van der Waals surface area contributed by atoms with Crippen molar-refractivity contribution < 1.29 is 14.3 Å². The van der Waals surface area contributed by atoms with Crippen molar-refractivity contribution in [3.8, 4) is 11.5 Å². The van der Waals surface area contributed by atoms with Gasteiger partial charge in [-0.1, -0.05) is 23.8 Å². The van der Waals surface area contributed by atoms with Gasteiger partial charge < -0.3 is 20.1 Å². The van der Waals surface area contributed by atoms with Crippen molar-refractivity contribution in [2.45, 2.75) is 26.8 Å². The second-order valence-corrected chi connectivity index (χ2v) is 5.75. The fourth-order valence-corrected chi connectivity index (χ4v) is 2.66. The number of aryl methyl sites for hydroxylation is 2. The molecule has 2 aromatic rings. The molecule has 1 atom stereocenters. The van der Waals surface area contributed by atoms with E-state index >= 15 is 0 Å². The standard InChI is InChI=1S/C19H24N2O3/c1-12-6-8-16(13(2)10-12)14(3)20-19(22)21-17-11-15(23-4)7-9-18(17)24-5/h6-11,14H,1-5H3,(H2,20,21,22). The molecule has 0 aromatic heterocycles. The van der Waals surface area contributed by atoms with Crippen LogP contribution in [0.15, 0.2) is 36.4 Å². The Kier molecular flexibility index (Phi) is 5.68. The topological polar surface area (TPSA) is 59.6 Å². The first-order valence-corrected chi connectivity index (χ1v) is 7.81. The first-order valence-electron chi connectivity index (χ1n) is 7.81. The minimum absolute atomic E-state index is 0.109. The molecule has 0 saturated carbocycles. The number of hydrogen-bond donors (Lipinski definition) is 2. The summed E-state index contributed by atoms with van der Waals surface area (Å²) in [5.74, 6) is 1.22. The third-order valence-corrected chi connectivity index (χ3v) is 3.89. The van der Waals surface area contributed by atoms with Crippen LogP contribution in [-0.4, -0.2) is 20.3 Å². The SMILES string of the molecule is COc1ccc(OC)c(NC(=O)NC(C)c2ccc(C)cc2C)c1. The highest BCUT2D eigenvalue weighted by Crippen LogP contribution is 2.29. The van der Waals surface area contributed by atoms with Crippen molar-refractivity contribution in [2.75, 3.05) is 19.5 Å². The number of amides is 2. The summed E-state index contributed by atoms with van der Waals surface area (Å²) in [6.07, 6.45) is 0. The molecule has 2 rings (SSSR count). The number of hydrogen-bond acceptors (Lipinski definition) is 3. The monoisotopic (exact) mass is 328 g/mol. The van der Waals surface area contributed by atoms with Crippen LogP contribution in [-0.2, 0) is 0 Å². The van der Waals surface area contributed by atoms with Crippen LogP contribution in [0.4, 0.5) is 10.5 Å². The van der Waals surface area contributed by atoms with Gasteiger partial charge in [-0.15, -0.1) is 0 Å². The molecule has 0 heterocycles. The zero-order valence-electron chi connectivity index (χ0n) is 14.8. The fraction of sp³-hybridized carbons (Fsp3) is 0.316. The maximum atomic E-state index is 12.3. The molecule has 2 amide bonds. The number of carbonyl (C=O) groups excluding carboxylic acids is 1. The Bertz CT molecular complexity index is 729. The van der Waals surface area contributed by atoms with Gasteiger partial charge in [0, 0.05) is 6.07 Å². The summed E-state index contributed by atoms with van der Waals surface area (Å²) in [6.45, 7) is 6.06. The Morgan fingerprint density at radius 2 is 1.79 bits per heavy atom. The first kappa shape index (κ1) is 17.7. The van der Waals surface area contributed by atoms with Crippen LogP contribution in [0, 0.1) is 13.8 Å². The van der Waals surface area contributed by atoms with E-state index in [0.29, 0.717) is 17.2 Å². The molecule has 0 fully saturated rings. The third-order valence-electron chi connectivity index (χ3n) is 3.89. The molecular weight excluding hydrogens is 304 g/mol. The van der Waals surface area contributed by atoms with Crippen LogP contribution >= 0.6 is 0 Å². The minimum Gasteiger partial charge on any atom is -0.497 e. The van der Waals surface area contributed by atoms with Crippen molar-refractivity contribution in [3.63, 3.8) is 0 Å². The molecule has 0 aliphatic rings. The second-order valence-electron chi connectivity index (χ2n) is 5.75. The number of rotatable bonds is 5. The van der Waals surface area contributed by atoms with E-state index in [9.17, 15) is 4.79 Å². The Morgan fingerprint density at radius 1 is 1.04 bits per heavy atom. The number of anilines is 1. The van der Waals surface area contributed by atoms with Gasteiger partial charge in [-0.25, -0.2) is 4.79 Å². The van der Waals surface area contributed by atoms with Crippen LogP contribution in [0.5, 0.6) is 11.5 Å². The number of ether oxygens (including phenoxy) is 2. The van der Waals surface area contributed by atoms with E-state index in [-0.39, 0.29) is 12.1 Å². The quantitative estimate of drug-likeness (QED) is 0.864. The van der Waals surface area contributed by atoms with Crippen molar-refractivity contribution in [2.24, 2.45) is 0 Å². The van der Waals surface area contributed by atoms with E-state index in [1.807, 2.05) is 26.0 Å². The molecule has 0 bridgehead atoms. The molecule has 128 valence electrons. The van der Waals surface area contributed by atoms with E-state index in [2.05, 4.69) is 23.6 Å². The summed E-state index contributed by atoms with van der Waals surface area (Å²) in [6, 6.07) is 11.0. The molecule has 2 aromatic carbocycles. The van der Waals surface area contributed by atoms with Crippen LogP contribution in [0.1, 0.15) is 29.7 Å². The van der Waals surface area contributed by atoms with Gasteiger partial charge in [-0.2, -0.15) is 0 Å². The van der Waals surface area contributed by atoms with E-state index in [4.69, 9.17) is 9.47 Å². The lowest BCUT2D eigenvalue weighted by Crippen LogP contribution is -2.31. The number of carbonyl (C=O) groups is 1. The van der Waals surface area contributed by atoms with Gasteiger partial charge in [0.05, 0.1) is 25.9 Å². The predicted octanol–water partition coefficient (Wildman–Crippen LogP) is 4.20. The highest BCUT2D eigenvalue weighted by molar-refractivity contribution is 5.91. The predicted molar refractivity (Wildman–Crippen MR) is 96.0 cm³/mol. The summed E-state index contributed by atoms with van der Waals surface area (Å²) < 4.78 is 10.5. The van der Waals surface area contributed by atoms with Gasteiger partial charge in [0.2, 0.25) is 0 Å². The Hall–Kier alpha value is -2.69. The van der Waals surface area contributed by atoms with E-state index in [0.717, 1.165) is 11.1 Å². The van der Waals surface area contributed by atoms with Crippen LogP contribution in [0.2, 0.25) is 0 Å². The number of benzene rings is 2. The summed E-state index contributed by atoms with van der Waals surface area (Å²) in [5.41, 5.74) is 4.01. The molecule has 0 aliphatic heterocycles. The summed E-state index contributed by atoms with van der Waals surface area (Å²) in [5, 5.41) is 5.76. The fourth-order valence-electron chi connectivity index (χ4n) is 2.66. The van der Waals surface area contributed by atoms with Crippen molar-refractivity contribution in [1.29, 1.82) is 0 Å². The molecular formula is C19H24N2O3. The lowest BCUT2D eigenvalue weighted by Gasteiger charge is -2.18. The zero-order valence-corrected chi connectivity index (χ0v) is 14.8. The van der Waals surface area contributed by atoms with E-state index in [1.54, 1.807) is 32.4 Å². The largest absolute Gasteiger partial charge is 0.497 e. The average Bonchev–Trinajstić information content (AvgIpc) is 2.54. The maximum absolute atomic E-state index is 12.3. The zero-order chi connectivity index (χ0) is 17.7. The number of urea groups is 1. The minimum atomic E-state index is -0.297. The van der Waals surface area contributed by atoms with Gasteiger partial charge in [0.15, 0.2) is 0 Å². The van der Waals surface area contributed by atoms with Gasteiger partial charge in [0.25, 0.3) is 0 Å². The summed E-state index contributed by atoms with van der Waals surface area (Å²) in [7, 11) is 3.14. The first-order chi connectivity index (χ1) is 11.4. The van der Waals surface area contributed by atoms with E-state index in [1.165, 1.54) is 5.56 Å². The highest BCUT2D eigenvalue weighted by atomic mass is 16.5. The smallest absolute Gasteiger partial charge is 0.319 e. The van der Waals surface area contributed by atoms with Gasteiger partial charge in [0.1, 0.15) is 11.5 Å². The molecule has 1 unspecified atom stereocenters.